The number of halogens is 2. The molecule has 172 valence electrons. The average molecular weight is 584 g/mol. The van der Waals surface area contributed by atoms with Crippen LogP contribution in [-0.2, 0) is 0 Å². The molecule has 4 heterocycles. The Bertz CT molecular complexity index is 1280. The molecule has 34 heavy (non-hydrogen) atoms. The molecule has 0 saturated heterocycles. The Hall–Kier alpha value is -3.11. The van der Waals surface area contributed by atoms with Crippen LogP contribution in [0, 0.1) is 3.57 Å². The molecule has 0 unspecified atom stereocenters. The van der Waals surface area contributed by atoms with E-state index in [0.29, 0.717) is 5.02 Å². The summed E-state index contributed by atoms with van der Waals surface area (Å²) in [6, 6.07) is 21.8. The van der Waals surface area contributed by atoms with E-state index in [2.05, 4.69) is 32.4 Å². The molecule has 0 fully saturated rings. The Kier molecular flexibility index (Phi) is 5.95. The maximum atomic E-state index is 6.60. The van der Waals surface area contributed by atoms with E-state index in [1.54, 1.807) is 0 Å². The van der Waals surface area contributed by atoms with Crippen molar-refractivity contribution in [2.24, 2.45) is 0 Å². The highest BCUT2D eigenvalue weighted by Gasteiger charge is 2.20. The van der Waals surface area contributed by atoms with Crippen molar-refractivity contribution in [2.75, 3.05) is 47.8 Å². The minimum Gasteiger partial charge on any atom is -0.328 e. The number of fused-ring (bicyclic) bond motifs is 8. The van der Waals surface area contributed by atoms with Crippen LogP contribution < -0.4 is 19.6 Å². The fraction of sp³-hybridized carbons (Fsp3) is 0.160. The Morgan fingerprint density at radius 3 is 1.18 bits per heavy atom. The molecular formula is C25H23ClIN7. The van der Waals surface area contributed by atoms with E-state index < -0.39 is 0 Å². The van der Waals surface area contributed by atoms with E-state index in [1.807, 2.05) is 105 Å². The van der Waals surface area contributed by atoms with E-state index in [9.17, 15) is 0 Å². The lowest BCUT2D eigenvalue weighted by molar-refractivity contribution is 1.01. The molecule has 0 radical (unpaired) electrons. The van der Waals surface area contributed by atoms with Gasteiger partial charge < -0.3 is 19.6 Å². The largest absolute Gasteiger partial charge is 0.328 e. The van der Waals surface area contributed by atoms with Gasteiger partial charge in [-0.15, -0.1) is 0 Å². The standard InChI is InChI=1S/C25H23ClIN7/c1-31-17-14-16(26)15-18(25(17)27)32(2)20-9-6-11-22(29-20)34(4)24-13-7-12-23(30-24)33(3)21-10-5-8-19(31)28-21/h5-15H,1-4H3. The third-order valence-corrected chi connectivity index (χ3v) is 7.27. The van der Waals surface area contributed by atoms with Gasteiger partial charge in [-0.2, -0.15) is 0 Å². The Morgan fingerprint density at radius 1 is 0.559 bits per heavy atom. The summed E-state index contributed by atoms with van der Waals surface area (Å²) < 4.78 is 1.05. The summed E-state index contributed by atoms with van der Waals surface area (Å²) in [7, 11) is 7.94. The molecule has 0 N–H and O–H groups in total. The molecule has 1 aliphatic rings. The van der Waals surface area contributed by atoms with Crippen LogP contribution in [-0.4, -0.2) is 43.1 Å². The Balaban J connectivity index is 1.77. The minimum absolute atomic E-state index is 0.644. The number of nitrogens with zero attached hydrogens (tertiary/aromatic N) is 7. The molecule has 7 nitrogen and oxygen atoms in total. The van der Waals surface area contributed by atoms with E-state index in [0.717, 1.165) is 49.9 Å². The summed E-state index contributed by atoms with van der Waals surface area (Å²) in [6.07, 6.45) is 0. The molecule has 0 spiro atoms. The number of rotatable bonds is 0. The number of anilines is 8. The maximum Gasteiger partial charge on any atom is 0.136 e. The highest BCUT2D eigenvalue weighted by atomic mass is 127. The second-order valence-corrected chi connectivity index (χ2v) is 9.57. The van der Waals surface area contributed by atoms with Crippen molar-refractivity contribution in [3.05, 3.63) is 75.3 Å². The van der Waals surface area contributed by atoms with Gasteiger partial charge in [0.25, 0.3) is 0 Å². The monoisotopic (exact) mass is 583 g/mol. The normalized spacial score (nSPS) is 13.4. The third kappa shape index (κ3) is 4.01. The first-order valence-electron chi connectivity index (χ1n) is 10.7. The molecule has 5 rings (SSSR count). The lowest BCUT2D eigenvalue weighted by Crippen LogP contribution is -2.20. The zero-order chi connectivity index (χ0) is 24.0. The van der Waals surface area contributed by atoms with Crippen molar-refractivity contribution in [3.8, 4) is 0 Å². The van der Waals surface area contributed by atoms with E-state index >= 15 is 0 Å². The predicted octanol–water partition coefficient (Wildman–Crippen LogP) is 6.51. The molecule has 1 aromatic carbocycles. The van der Waals surface area contributed by atoms with Gasteiger partial charge in [-0.3, -0.25) is 0 Å². The van der Waals surface area contributed by atoms with Crippen LogP contribution in [0.3, 0.4) is 0 Å². The minimum atomic E-state index is 0.644. The van der Waals surface area contributed by atoms with Crippen LogP contribution in [0.25, 0.3) is 0 Å². The van der Waals surface area contributed by atoms with Crippen molar-refractivity contribution in [1.82, 2.24) is 15.0 Å². The molecule has 8 bridgehead atoms. The molecule has 3 aromatic heterocycles. The first-order chi connectivity index (χ1) is 16.3. The second kappa shape index (κ2) is 8.92. The first kappa shape index (κ1) is 22.7. The summed E-state index contributed by atoms with van der Waals surface area (Å²) in [5, 5.41) is 0.644. The van der Waals surface area contributed by atoms with E-state index in [1.165, 1.54) is 0 Å². The van der Waals surface area contributed by atoms with Gasteiger partial charge in [-0.05, 0) is 71.1 Å². The Labute approximate surface area is 217 Å². The van der Waals surface area contributed by atoms with E-state index in [-0.39, 0.29) is 0 Å². The smallest absolute Gasteiger partial charge is 0.136 e. The van der Waals surface area contributed by atoms with Gasteiger partial charge in [0.2, 0.25) is 0 Å². The van der Waals surface area contributed by atoms with Gasteiger partial charge in [0.15, 0.2) is 0 Å². The van der Waals surface area contributed by atoms with Gasteiger partial charge in [0, 0.05) is 33.2 Å². The van der Waals surface area contributed by atoms with Crippen molar-refractivity contribution in [3.63, 3.8) is 0 Å². The fourth-order valence-electron chi connectivity index (χ4n) is 3.89. The lowest BCUT2D eigenvalue weighted by atomic mass is 10.2. The molecule has 0 amide bonds. The number of pyridine rings is 3. The van der Waals surface area contributed by atoms with Crippen molar-refractivity contribution >= 4 is 80.5 Å². The highest BCUT2D eigenvalue weighted by Crippen LogP contribution is 2.39. The number of hydrogen-bond acceptors (Lipinski definition) is 7. The van der Waals surface area contributed by atoms with Crippen LogP contribution in [0.2, 0.25) is 5.02 Å². The van der Waals surface area contributed by atoms with Gasteiger partial charge >= 0.3 is 0 Å². The highest BCUT2D eigenvalue weighted by molar-refractivity contribution is 14.1. The number of aromatic nitrogens is 3. The van der Waals surface area contributed by atoms with Crippen LogP contribution in [0.5, 0.6) is 0 Å². The molecule has 9 heteroatoms. The Morgan fingerprint density at radius 2 is 0.853 bits per heavy atom. The molecule has 0 saturated carbocycles. The van der Waals surface area contributed by atoms with Crippen molar-refractivity contribution < 1.29 is 0 Å². The van der Waals surface area contributed by atoms with Gasteiger partial charge in [0.1, 0.15) is 34.9 Å². The van der Waals surface area contributed by atoms with Gasteiger partial charge in [-0.25, -0.2) is 15.0 Å². The van der Waals surface area contributed by atoms with Crippen LogP contribution in [0.4, 0.5) is 46.3 Å². The third-order valence-electron chi connectivity index (χ3n) is 5.94. The lowest BCUT2D eigenvalue weighted by Gasteiger charge is -2.28. The van der Waals surface area contributed by atoms with Crippen molar-refractivity contribution in [1.29, 1.82) is 0 Å². The van der Waals surface area contributed by atoms with Crippen LogP contribution >= 0.6 is 34.2 Å². The molecule has 1 aliphatic heterocycles. The molecule has 4 aromatic rings. The fourth-order valence-corrected chi connectivity index (χ4v) is 5.13. The predicted molar refractivity (Wildman–Crippen MR) is 149 cm³/mol. The summed E-state index contributed by atoms with van der Waals surface area (Å²) in [6.45, 7) is 0. The summed E-state index contributed by atoms with van der Waals surface area (Å²) in [4.78, 5) is 22.8. The van der Waals surface area contributed by atoms with Crippen LogP contribution in [0.15, 0.2) is 66.7 Å². The maximum absolute atomic E-state index is 6.60. The van der Waals surface area contributed by atoms with E-state index in [4.69, 9.17) is 26.6 Å². The first-order valence-corrected chi connectivity index (χ1v) is 12.1. The molecule has 0 atom stereocenters. The number of benzene rings is 1. The van der Waals surface area contributed by atoms with Crippen LogP contribution in [0.1, 0.15) is 0 Å². The topological polar surface area (TPSA) is 51.6 Å². The zero-order valence-electron chi connectivity index (χ0n) is 19.2. The number of hydrogen-bond donors (Lipinski definition) is 0. The van der Waals surface area contributed by atoms with Gasteiger partial charge in [-0.1, -0.05) is 29.8 Å². The zero-order valence-corrected chi connectivity index (χ0v) is 22.2. The average Bonchev–Trinajstić information content (AvgIpc) is 2.87. The van der Waals surface area contributed by atoms with Crippen molar-refractivity contribution in [2.45, 2.75) is 0 Å². The van der Waals surface area contributed by atoms with Gasteiger partial charge in [0.05, 0.1) is 14.9 Å². The SMILES string of the molecule is CN1c2cccc(n2)N(C)c2cccc(n2)N(C)c2cc(Cl)cc(c2I)N(C)c2cccc1n2. The molecule has 0 aliphatic carbocycles. The quantitative estimate of drug-likeness (QED) is 0.219. The summed E-state index contributed by atoms with van der Waals surface area (Å²) >= 11 is 8.97. The summed E-state index contributed by atoms with van der Waals surface area (Å²) in [5.41, 5.74) is 1.92. The summed E-state index contributed by atoms with van der Waals surface area (Å²) in [5.74, 6) is 4.77. The molecular weight excluding hydrogens is 561 g/mol. The second-order valence-electron chi connectivity index (χ2n) is 8.06.